The van der Waals surface area contributed by atoms with E-state index in [1.54, 1.807) is 17.5 Å². The van der Waals surface area contributed by atoms with E-state index in [4.69, 9.17) is 0 Å². The summed E-state index contributed by atoms with van der Waals surface area (Å²) in [5, 5.41) is 7.26. The number of anilines is 2. The number of hydrogen-bond acceptors (Lipinski definition) is 3. The third-order valence-electron chi connectivity index (χ3n) is 1.52. The van der Waals surface area contributed by atoms with Crippen LogP contribution in [0, 0.1) is 0 Å². The highest BCUT2D eigenvalue weighted by atomic mass is 79.9. The zero-order chi connectivity index (χ0) is 9.10. The summed E-state index contributed by atoms with van der Waals surface area (Å²) in [6, 6.07) is 5.91. The lowest BCUT2D eigenvalue weighted by Crippen LogP contribution is -1.90. The Bertz CT molecular complexity index is 369. The number of nitrogens with one attached hydrogen (secondary N) is 1. The summed E-state index contributed by atoms with van der Waals surface area (Å²) in [6.07, 6.45) is 1.77. The molecule has 0 saturated carbocycles. The molecule has 4 heteroatoms. The number of pyridine rings is 1. The van der Waals surface area contributed by atoms with Gasteiger partial charge in [-0.15, -0.1) is 0 Å². The highest BCUT2D eigenvalue weighted by Gasteiger charge is 1.94. The summed E-state index contributed by atoms with van der Waals surface area (Å²) in [5.41, 5.74) is 1.08. The minimum atomic E-state index is 0.863. The summed E-state index contributed by atoms with van der Waals surface area (Å²) in [7, 11) is 0. The summed E-state index contributed by atoms with van der Waals surface area (Å²) in [4.78, 5) is 4.20. The highest BCUT2D eigenvalue weighted by Crippen LogP contribution is 2.18. The average molecular weight is 255 g/mol. The van der Waals surface area contributed by atoms with Crippen molar-refractivity contribution in [3.05, 3.63) is 39.6 Å². The van der Waals surface area contributed by atoms with Gasteiger partial charge in [0.15, 0.2) is 0 Å². The van der Waals surface area contributed by atoms with Crippen LogP contribution >= 0.6 is 27.3 Å². The van der Waals surface area contributed by atoms with Crippen molar-refractivity contribution in [2.75, 3.05) is 5.32 Å². The van der Waals surface area contributed by atoms with Crippen LogP contribution in [0.3, 0.4) is 0 Å². The number of aromatic nitrogens is 1. The second kappa shape index (κ2) is 3.89. The third kappa shape index (κ3) is 2.29. The van der Waals surface area contributed by atoms with E-state index >= 15 is 0 Å². The van der Waals surface area contributed by atoms with E-state index in [1.165, 1.54) is 0 Å². The maximum Gasteiger partial charge on any atom is 0.130 e. The Morgan fingerprint density at radius 2 is 2.23 bits per heavy atom. The first-order chi connectivity index (χ1) is 6.34. The van der Waals surface area contributed by atoms with Crippen molar-refractivity contribution in [3.8, 4) is 0 Å². The molecular formula is C9H7BrN2S. The molecule has 0 radical (unpaired) electrons. The largest absolute Gasteiger partial charge is 0.340 e. The molecule has 0 unspecified atom stereocenters. The molecule has 13 heavy (non-hydrogen) atoms. The number of halogens is 1. The van der Waals surface area contributed by atoms with Crippen molar-refractivity contribution in [1.29, 1.82) is 0 Å². The Hall–Kier alpha value is -0.870. The first kappa shape index (κ1) is 8.72. The number of rotatable bonds is 2. The van der Waals surface area contributed by atoms with Crippen molar-refractivity contribution in [2.45, 2.75) is 0 Å². The minimum Gasteiger partial charge on any atom is -0.340 e. The van der Waals surface area contributed by atoms with Gasteiger partial charge in [-0.1, -0.05) is 0 Å². The molecule has 0 fully saturated rings. The van der Waals surface area contributed by atoms with E-state index in [2.05, 4.69) is 26.2 Å². The van der Waals surface area contributed by atoms with Crippen molar-refractivity contribution in [3.63, 3.8) is 0 Å². The second-order valence-electron chi connectivity index (χ2n) is 2.50. The zero-order valence-electron chi connectivity index (χ0n) is 6.70. The Kier molecular flexibility index (Phi) is 2.61. The van der Waals surface area contributed by atoms with Gasteiger partial charge in [-0.05, 0) is 39.5 Å². The van der Waals surface area contributed by atoms with E-state index in [1.807, 2.05) is 29.0 Å². The molecule has 0 bridgehead atoms. The SMILES string of the molecule is Brc1ccc(Nc2ccsc2)nc1. The maximum absolute atomic E-state index is 4.20. The van der Waals surface area contributed by atoms with Crippen LogP contribution in [-0.4, -0.2) is 4.98 Å². The molecule has 0 aliphatic rings. The van der Waals surface area contributed by atoms with Crippen LogP contribution in [0.2, 0.25) is 0 Å². The first-order valence-corrected chi connectivity index (χ1v) is 5.49. The van der Waals surface area contributed by atoms with Gasteiger partial charge >= 0.3 is 0 Å². The van der Waals surface area contributed by atoms with Gasteiger partial charge in [0.1, 0.15) is 5.82 Å². The fourth-order valence-electron chi connectivity index (χ4n) is 0.933. The number of nitrogens with zero attached hydrogens (tertiary/aromatic N) is 1. The predicted octanol–water partition coefficient (Wildman–Crippen LogP) is 3.65. The Labute approximate surface area is 88.8 Å². The normalized spacial score (nSPS) is 9.92. The van der Waals surface area contributed by atoms with Gasteiger partial charge in [0.2, 0.25) is 0 Å². The van der Waals surface area contributed by atoms with Gasteiger partial charge < -0.3 is 5.32 Å². The first-order valence-electron chi connectivity index (χ1n) is 3.75. The van der Waals surface area contributed by atoms with Gasteiger partial charge in [0, 0.05) is 16.0 Å². The van der Waals surface area contributed by atoms with Crippen molar-refractivity contribution < 1.29 is 0 Å². The third-order valence-corrected chi connectivity index (χ3v) is 2.67. The molecular weight excluding hydrogens is 248 g/mol. The summed E-state index contributed by atoms with van der Waals surface area (Å²) >= 11 is 5.00. The average Bonchev–Trinajstić information content (AvgIpc) is 2.62. The Balaban J connectivity index is 2.15. The quantitative estimate of drug-likeness (QED) is 0.885. The number of hydrogen-bond donors (Lipinski definition) is 1. The topological polar surface area (TPSA) is 24.9 Å². The van der Waals surface area contributed by atoms with Crippen LogP contribution in [0.15, 0.2) is 39.6 Å². The monoisotopic (exact) mass is 254 g/mol. The van der Waals surface area contributed by atoms with Gasteiger partial charge in [-0.2, -0.15) is 11.3 Å². The molecule has 1 N–H and O–H groups in total. The molecule has 2 heterocycles. The molecule has 2 rings (SSSR count). The van der Waals surface area contributed by atoms with Gasteiger partial charge in [-0.25, -0.2) is 4.98 Å². The predicted molar refractivity (Wildman–Crippen MR) is 59.5 cm³/mol. The molecule has 0 aliphatic heterocycles. The van der Waals surface area contributed by atoms with Crippen LogP contribution in [0.5, 0.6) is 0 Å². The minimum absolute atomic E-state index is 0.863. The van der Waals surface area contributed by atoms with Gasteiger partial charge in [0.25, 0.3) is 0 Å². The van der Waals surface area contributed by atoms with Crippen LogP contribution in [-0.2, 0) is 0 Å². The molecule has 0 aromatic carbocycles. The molecule has 0 amide bonds. The second-order valence-corrected chi connectivity index (χ2v) is 4.19. The van der Waals surface area contributed by atoms with E-state index in [-0.39, 0.29) is 0 Å². The lowest BCUT2D eigenvalue weighted by atomic mass is 10.4. The molecule has 0 saturated heterocycles. The Morgan fingerprint density at radius 1 is 1.31 bits per heavy atom. The van der Waals surface area contributed by atoms with E-state index in [9.17, 15) is 0 Å². The lowest BCUT2D eigenvalue weighted by molar-refractivity contribution is 1.30. The van der Waals surface area contributed by atoms with Crippen molar-refractivity contribution in [1.82, 2.24) is 4.98 Å². The van der Waals surface area contributed by atoms with Crippen LogP contribution in [0.25, 0.3) is 0 Å². The molecule has 0 spiro atoms. The molecule has 0 aliphatic carbocycles. The maximum atomic E-state index is 4.20. The summed E-state index contributed by atoms with van der Waals surface area (Å²) in [5.74, 6) is 0.863. The van der Waals surface area contributed by atoms with Crippen LogP contribution in [0.1, 0.15) is 0 Å². The number of thiophene rings is 1. The smallest absolute Gasteiger partial charge is 0.130 e. The fourth-order valence-corrected chi connectivity index (χ4v) is 1.76. The standard InChI is InChI=1S/C9H7BrN2S/c10-7-1-2-9(11-5-7)12-8-3-4-13-6-8/h1-6H,(H,11,12). The highest BCUT2D eigenvalue weighted by molar-refractivity contribution is 9.10. The Morgan fingerprint density at radius 3 is 2.85 bits per heavy atom. The fraction of sp³-hybridized carbons (Fsp3) is 0. The zero-order valence-corrected chi connectivity index (χ0v) is 9.10. The summed E-state index contributed by atoms with van der Waals surface area (Å²) < 4.78 is 0.989. The van der Waals surface area contributed by atoms with Crippen LogP contribution < -0.4 is 5.32 Å². The van der Waals surface area contributed by atoms with E-state index in [0.717, 1.165) is 16.0 Å². The molecule has 66 valence electrons. The van der Waals surface area contributed by atoms with E-state index < -0.39 is 0 Å². The van der Waals surface area contributed by atoms with Crippen molar-refractivity contribution >= 4 is 38.8 Å². The molecule has 2 aromatic heterocycles. The van der Waals surface area contributed by atoms with Gasteiger partial charge in [0.05, 0.1) is 5.69 Å². The molecule has 0 atom stereocenters. The lowest BCUT2D eigenvalue weighted by Gasteiger charge is -2.01. The van der Waals surface area contributed by atoms with Crippen LogP contribution in [0.4, 0.5) is 11.5 Å². The summed E-state index contributed by atoms with van der Waals surface area (Å²) in [6.45, 7) is 0. The van der Waals surface area contributed by atoms with E-state index in [0.29, 0.717) is 0 Å². The molecule has 2 nitrogen and oxygen atoms in total. The van der Waals surface area contributed by atoms with Gasteiger partial charge in [-0.3, -0.25) is 0 Å². The van der Waals surface area contributed by atoms with Crippen molar-refractivity contribution in [2.24, 2.45) is 0 Å². The molecule has 2 aromatic rings.